The van der Waals surface area contributed by atoms with Gasteiger partial charge < -0.3 is 16.4 Å². The second-order valence-electron chi connectivity index (χ2n) is 0. The van der Waals surface area contributed by atoms with Crippen molar-refractivity contribution in [2.45, 2.75) is 0 Å². The largest absolute Gasteiger partial charge is 3.00 e. The van der Waals surface area contributed by atoms with E-state index in [4.69, 9.17) is 0 Å². The van der Waals surface area contributed by atoms with Gasteiger partial charge in [0.15, 0.2) is 0 Å². The van der Waals surface area contributed by atoms with E-state index in [1.807, 2.05) is 0 Å². The van der Waals surface area contributed by atoms with Gasteiger partial charge in [-0.15, -0.1) is 0 Å². The Kier molecular flexibility index (Phi) is 2540. The van der Waals surface area contributed by atoms with Gasteiger partial charge in [0, 0.05) is 53.4 Å². The smallest absolute Gasteiger partial charge is 2.00 e. The quantitative estimate of drug-likeness (QED) is 0.460. The zero-order valence-corrected chi connectivity index (χ0v) is 10.1. The third-order valence-electron chi connectivity index (χ3n) is 0. The maximum Gasteiger partial charge on any atom is 3.00 e. The van der Waals surface area contributed by atoms with Crippen LogP contribution < -0.4 is 0 Å². The average molecular weight is 282 g/mol. The SMILES string of the molecule is [Al+3].[Al+3].[Co].[Co].[O-2].[O-2].[O-2].[P].[P]. The fourth-order valence-corrected chi connectivity index (χ4v) is 0. The Bertz CT molecular complexity index is 17.8. The summed E-state index contributed by atoms with van der Waals surface area (Å²) in [5.74, 6) is 0. The third kappa shape index (κ3) is 106. The van der Waals surface area contributed by atoms with Gasteiger partial charge in [-0.25, -0.2) is 0 Å². The molecular weight excluding hydrogens is 282 g/mol. The molecule has 0 spiro atoms. The summed E-state index contributed by atoms with van der Waals surface area (Å²) in [6, 6.07) is 0. The fourth-order valence-electron chi connectivity index (χ4n) is 0. The second kappa shape index (κ2) is 131. The van der Waals surface area contributed by atoms with Gasteiger partial charge in [0.1, 0.15) is 0 Å². The topological polar surface area (TPSA) is 85.5 Å². The van der Waals surface area contributed by atoms with Crippen LogP contribution in [0.2, 0.25) is 0 Å². The molecule has 0 aliphatic carbocycles. The van der Waals surface area contributed by atoms with Gasteiger partial charge in [0.25, 0.3) is 0 Å². The third-order valence-corrected chi connectivity index (χ3v) is 0. The number of hydrogen-bond donors (Lipinski definition) is 0. The molecule has 0 heterocycles. The molecule has 0 N–H and O–H groups in total. The van der Waals surface area contributed by atoms with Gasteiger partial charge in [-0.2, -0.15) is 0 Å². The van der Waals surface area contributed by atoms with Crippen LogP contribution in [0.1, 0.15) is 0 Å². The van der Waals surface area contributed by atoms with Gasteiger partial charge in [-0.3, -0.25) is 0 Å². The molecule has 0 bridgehead atoms. The minimum atomic E-state index is 0. The first-order valence-corrected chi connectivity index (χ1v) is 0. The second-order valence-corrected chi connectivity index (χ2v) is 0. The molecule has 9 heavy (non-hydrogen) atoms. The molecule has 0 atom stereocenters. The maximum atomic E-state index is 0. The van der Waals surface area contributed by atoms with Gasteiger partial charge in [-0.1, -0.05) is 0 Å². The van der Waals surface area contributed by atoms with Crippen molar-refractivity contribution in [1.82, 2.24) is 0 Å². The van der Waals surface area contributed by atoms with Gasteiger partial charge in [0.05, 0.1) is 0 Å². The van der Waals surface area contributed by atoms with Crippen LogP contribution in [0.15, 0.2) is 0 Å². The summed E-state index contributed by atoms with van der Waals surface area (Å²) in [6.07, 6.45) is 0. The first kappa shape index (κ1) is 174. The zero-order valence-electron chi connectivity index (χ0n) is 3.94. The summed E-state index contributed by atoms with van der Waals surface area (Å²) in [4.78, 5) is 0. The molecule has 0 fully saturated rings. The van der Waals surface area contributed by atoms with E-state index in [0.29, 0.717) is 0 Å². The van der Waals surface area contributed by atoms with Crippen molar-refractivity contribution in [3.8, 4) is 0 Å². The van der Waals surface area contributed by atoms with Crippen LogP contribution in [0.4, 0.5) is 0 Å². The van der Waals surface area contributed by atoms with Crippen molar-refractivity contribution in [3.63, 3.8) is 0 Å². The Labute approximate surface area is 104 Å². The molecule has 0 rings (SSSR count). The summed E-state index contributed by atoms with van der Waals surface area (Å²) < 4.78 is 0. The number of rotatable bonds is 0. The Morgan fingerprint density at radius 3 is 0.444 bits per heavy atom. The van der Waals surface area contributed by atoms with Gasteiger partial charge >= 0.3 is 34.7 Å². The van der Waals surface area contributed by atoms with Crippen LogP contribution in [-0.4, -0.2) is 34.7 Å². The molecular formula is Al2Co2O3P2. The molecule has 0 aromatic carbocycles. The Morgan fingerprint density at radius 2 is 0.444 bits per heavy atom. The van der Waals surface area contributed by atoms with E-state index in [0.717, 1.165) is 0 Å². The van der Waals surface area contributed by atoms with Crippen molar-refractivity contribution in [1.29, 1.82) is 0 Å². The van der Waals surface area contributed by atoms with E-state index in [-0.39, 0.29) is 105 Å². The summed E-state index contributed by atoms with van der Waals surface area (Å²) in [6.45, 7) is 0. The van der Waals surface area contributed by atoms with Crippen molar-refractivity contribution in [2.24, 2.45) is 0 Å². The van der Waals surface area contributed by atoms with Crippen LogP contribution in [0.5, 0.6) is 0 Å². The van der Waals surface area contributed by atoms with Crippen LogP contribution in [-0.2, 0) is 50.0 Å². The minimum absolute atomic E-state index is 0. The molecule has 52 valence electrons. The predicted octanol–water partition coefficient (Wildman–Crippen LogP) is 0.599. The first-order chi connectivity index (χ1) is 0. The fraction of sp³-hybridized carbons (Fsp3) is 0. The van der Waals surface area contributed by atoms with Crippen LogP contribution in [0, 0.1) is 0 Å². The molecule has 8 radical (unpaired) electrons. The Morgan fingerprint density at radius 1 is 0.444 bits per heavy atom. The van der Waals surface area contributed by atoms with Crippen LogP contribution >= 0.6 is 19.8 Å². The van der Waals surface area contributed by atoms with Crippen molar-refractivity contribution < 1.29 is 50.0 Å². The van der Waals surface area contributed by atoms with Crippen molar-refractivity contribution in [2.75, 3.05) is 0 Å². The normalized spacial score (nSPS) is 0. The van der Waals surface area contributed by atoms with Crippen LogP contribution in [0.3, 0.4) is 0 Å². The van der Waals surface area contributed by atoms with Gasteiger partial charge in [-0.05, 0) is 0 Å². The molecule has 0 unspecified atom stereocenters. The molecule has 0 amide bonds. The molecule has 0 aliphatic rings. The van der Waals surface area contributed by atoms with E-state index < -0.39 is 0 Å². The van der Waals surface area contributed by atoms with Crippen LogP contribution in [0.25, 0.3) is 0 Å². The molecule has 0 aromatic rings. The summed E-state index contributed by atoms with van der Waals surface area (Å²) in [7, 11) is 0. The van der Waals surface area contributed by atoms with E-state index in [1.54, 1.807) is 0 Å². The Hall–Kier alpha value is 2.82. The van der Waals surface area contributed by atoms with E-state index >= 15 is 0 Å². The number of hydrogen-bond acceptors (Lipinski definition) is 0. The maximum absolute atomic E-state index is 0. The first-order valence-electron chi connectivity index (χ1n) is 0. The van der Waals surface area contributed by atoms with E-state index in [9.17, 15) is 0 Å². The van der Waals surface area contributed by atoms with Crippen molar-refractivity contribution >= 4 is 54.5 Å². The molecule has 3 nitrogen and oxygen atoms in total. The predicted molar refractivity (Wildman–Crippen MR) is 27.4 cm³/mol. The molecule has 9 heteroatoms. The minimum Gasteiger partial charge on any atom is -2.00 e. The average Bonchev–Trinajstić information content (AvgIpc) is 0. The Balaban J connectivity index is 0. The van der Waals surface area contributed by atoms with E-state index in [2.05, 4.69) is 0 Å². The molecule has 0 aromatic heterocycles. The molecule has 0 aliphatic heterocycles. The standard InChI is InChI=1S/2Al.2Co.3O.2P/q2*+3;;;3*-2;;. The zero-order chi connectivity index (χ0) is 0. The van der Waals surface area contributed by atoms with Gasteiger partial charge in [0.2, 0.25) is 0 Å². The van der Waals surface area contributed by atoms with E-state index in [1.165, 1.54) is 0 Å². The summed E-state index contributed by atoms with van der Waals surface area (Å²) in [5.41, 5.74) is 0. The summed E-state index contributed by atoms with van der Waals surface area (Å²) >= 11 is 0. The monoisotopic (exact) mass is 282 g/mol. The van der Waals surface area contributed by atoms with Crippen molar-refractivity contribution in [3.05, 3.63) is 0 Å². The summed E-state index contributed by atoms with van der Waals surface area (Å²) in [5, 5.41) is 0. The molecule has 0 saturated heterocycles. The molecule has 0 saturated carbocycles.